The van der Waals surface area contributed by atoms with Crippen molar-refractivity contribution < 1.29 is 9.47 Å². The molecule has 0 saturated heterocycles. The summed E-state index contributed by atoms with van der Waals surface area (Å²) in [5, 5.41) is 0. The number of aromatic nitrogens is 1. The summed E-state index contributed by atoms with van der Waals surface area (Å²) >= 11 is 5.75. The van der Waals surface area contributed by atoms with Crippen LogP contribution in [0, 0.1) is 0 Å². The van der Waals surface area contributed by atoms with E-state index in [9.17, 15) is 0 Å². The van der Waals surface area contributed by atoms with Crippen LogP contribution >= 0.6 is 11.6 Å². The van der Waals surface area contributed by atoms with Crippen LogP contribution in [0.4, 0.5) is 0 Å². The molecule has 1 rings (SSSR count). The molecule has 1 heterocycles. The largest absolute Gasteiger partial charge is 0.486 e. The molecule has 3 nitrogen and oxygen atoms in total. The predicted molar refractivity (Wildman–Crippen MR) is 55.8 cm³/mol. The molecule has 1 aromatic heterocycles. The molecule has 0 amide bonds. The van der Waals surface area contributed by atoms with E-state index in [0.29, 0.717) is 12.5 Å². The summed E-state index contributed by atoms with van der Waals surface area (Å²) in [7, 11) is 1.64. The average molecular weight is 216 g/mol. The molecule has 0 aliphatic carbocycles. The molecule has 0 saturated carbocycles. The van der Waals surface area contributed by atoms with E-state index in [-0.39, 0.29) is 6.10 Å². The third-order valence-electron chi connectivity index (χ3n) is 1.74. The number of alkyl halides is 1. The highest BCUT2D eigenvalue weighted by Gasteiger charge is 2.07. The highest BCUT2D eigenvalue weighted by atomic mass is 35.5. The number of hydrogen-bond acceptors (Lipinski definition) is 3. The van der Waals surface area contributed by atoms with Crippen LogP contribution in [0.25, 0.3) is 0 Å². The van der Waals surface area contributed by atoms with Crippen molar-refractivity contribution in [2.75, 3.05) is 13.7 Å². The minimum Gasteiger partial charge on any atom is -0.486 e. The molecule has 0 fully saturated rings. The molecule has 0 aromatic carbocycles. The molecule has 0 aliphatic heterocycles. The van der Waals surface area contributed by atoms with Crippen LogP contribution in [0.2, 0.25) is 0 Å². The minimum absolute atomic E-state index is 0.00571. The maximum Gasteiger partial charge on any atom is 0.142 e. The highest BCUT2D eigenvalue weighted by Crippen LogP contribution is 2.19. The van der Waals surface area contributed by atoms with E-state index in [0.717, 1.165) is 11.3 Å². The monoisotopic (exact) mass is 215 g/mol. The van der Waals surface area contributed by atoms with Gasteiger partial charge in [0.1, 0.15) is 11.9 Å². The van der Waals surface area contributed by atoms with E-state index in [1.165, 1.54) is 0 Å². The van der Waals surface area contributed by atoms with Gasteiger partial charge < -0.3 is 9.47 Å². The van der Waals surface area contributed by atoms with Crippen molar-refractivity contribution >= 4 is 11.6 Å². The molecule has 0 aliphatic rings. The summed E-state index contributed by atoms with van der Waals surface area (Å²) in [6, 6.07) is 1.85. The van der Waals surface area contributed by atoms with Crippen LogP contribution in [0.5, 0.6) is 5.75 Å². The van der Waals surface area contributed by atoms with Gasteiger partial charge in [-0.2, -0.15) is 0 Å². The van der Waals surface area contributed by atoms with Gasteiger partial charge in [-0.15, -0.1) is 11.6 Å². The van der Waals surface area contributed by atoms with Crippen molar-refractivity contribution in [2.45, 2.75) is 18.9 Å². The van der Waals surface area contributed by atoms with E-state index >= 15 is 0 Å². The fourth-order valence-corrected chi connectivity index (χ4v) is 1.33. The second-order valence-electron chi connectivity index (χ2n) is 3.00. The Morgan fingerprint density at radius 1 is 1.57 bits per heavy atom. The van der Waals surface area contributed by atoms with Gasteiger partial charge in [0, 0.05) is 18.9 Å². The molecule has 1 atom stereocenters. The Morgan fingerprint density at radius 2 is 2.36 bits per heavy atom. The third-order valence-corrected chi connectivity index (χ3v) is 2.03. The number of rotatable bonds is 5. The third kappa shape index (κ3) is 3.16. The lowest BCUT2D eigenvalue weighted by molar-refractivity contribution is 0.0913. The van der Waals surface area contributed by atoms with E-state index in [4.69, 9.17) is 21.1 Å². The summed E-state index contributed by atoms with van der Waals surface area (Å²) < 4.78 is 10.6. The van der Waals surface area contributed by atoms with Gasteiger partial charge in [0.15, 0.2) is 0 Å². The summed E-state index contributed by atoms with van der Waals surface area (Å²) in [5.41, 5.74) is 0.949. The molecule has 78 valence electrons. The summed E-state index contributed by atoms with van der Waals surface area (Å²) in [6.07, 6.45) is 3.38. The molecule has 0 radical (unpaired) electrons. The Kier molecular flexibility index (Phi) is 4.70. The highest BCUT2D eigenvalue weighted by molar-refractivity contribution is 6.17. The Bertz CT molecular complexity index is 281. The maximum atomic E-state index is 5.75. The van der Waals surface area contributed by atoms with Gasteiger partial charge in [-0.1, -0.05) is 0 Å². The zero-order chi connectivity index (χ0) is 10.4. The second-order valence-corrected chi connectivity index (χ2v) is 3.27. The van der Waals surface area contributed by atoms with Crippen molar-refractivity contribution in [2.24, 2.45) is 0 Å². The minimum atomic E-state index is 0.00571. The van der Waals surface area contributed by atoms with Crippen LogP contribution in [0.3, 0.4) is 0 Å². The molecular weight excluding hydrogens is 202 g/mol. The first-order valence-corrected chi connectivity index (χ1v) is 4.95. The smallest absolute Gasteiger partial charge is 0.142 e. The first-order chi connectivity index (χ1) is 6.77. The summed E-state index contributed by atoms with van der Waals surface area (Å²) in [4.78, 5) is 3.98. The number of methoxy groups -OCH3 is 1. The molecule has 0 N–H and O–H groups in total. The zero-order valence-electron chi connectivity index (χ0n) is 8.37. The fraction of sp³-hybridized carbons (Fsp3) is 0.500. The van der Waals surface area contributed by atoms with Gasteiger partial charge in [0.25, 0.3) is 0 Å². The van der Waals surface area contributed by atoms with Crippen molar-refractivity contribution in [3.8, 4) is 5.75 Å². The van der Waals surface area contributed by atoms with Crippen LogP contribution < -0.4 is 4.74 Å². The molecule has 14 heavy (non-hydrogen) atoms. The molecule has 1 unspecified atom stereocenters. The Labute approximate surface area is 89.0 Å². The number of hydrogen-bond donors (Lipinski definition) is 0. The van der Waals surface area contributed by atoms with Gasteiger partial charge in [0.2, 0.25) is 0 Å². The van der Waals surface area contributed by atoms with Gasteiger partial charge in [-0.25, -0.2) is 0 Å². The summed E-state index contributed by atoms with van der Waals surface area (Å²) in [6.45, 7) is 2.49. The zero-order valence-corrected chi connectivity index (χ0v) is 9.12. The van der Waals surface area contributed by atoms with Gasteiger partial charge >= 0.3 is 0 Å². The van der Waals surface area contributed by atoms with Gasteiger partial charge in [0.05, 0.1) is 18.7 Å². The van der Waals surface area contributed by atoms with E-state index in [1.54, 1.807) is 19.5 Å². The molecule has 0 bridgehead atoms. The number of halogens is 1. The molecule has 4 heteroatoms. The lowest BCUT2D eigenvalue weighted by Crippen LogP contribution is -2.18. The van der Waals surface area contributed by atoms with E-state index in [2.05, 4.69) is 4.98 Å². The Hall–Kier alpha value is -0.800. The Morgan fingerprint density at radius 3 is 3.00 bits per heavy atom. The number of ether oxygens (including phenoxy) is 2. The van der Waals surface area contributed by atoms with Crippen molar-refractivity contribution in [3.05, 3.63) is 24.0 Å². The predicted octanol–water partition coefficient (Wildman–Crippen LogP) is 2.23. The SMILES string of the molecule is COCC(C)Oc1cnccc1CCl. The molecular formula is C10H14ClNO2. The fourth-order valence-electron chi connectivity index (χ4n) is 1.11. The van der Waals surface area contributed by atoms with Crippen molar-refractivity contribution in [1.82, 2.24) is 4.98 Å². The molecule has 0 spiro atoms. The number of pyridine rings is 1. The average Bonchev–Trinajstić information content (AvgIpc) is 2.19. The van der Waals surface area contributed by atoms with Crippen LogP contribution in [-0.4, -0.2) is 24.8 Å². The van der Waals surface area contributed by atoms with E-state index in [1.807, 2.05) is 13.0 Å². The first kappa shape index (κ1) is 11.3. The van der Waals surface area contributed by atoms with Crippen LogP contribution in [0.15, 0.2) is 18.5 Å². The summed E-state index contributed by atoms with van der Waals surface area (Å²) in [5.74, 6) is 1.16. The normalized spacial score (nSPS) is 12.5. The number of nitrogens with zero attached hydrogens (tertiary/aromatic N) is 1. The van der Waals surface area contributed by atoms with Gasteiger partial charge in [-0.05, 0) is 13.0 Å². The van der Waals surface area contributed by atoms with E-state index < -0.39 is 0 Å². The lowest BCUT2D eigenvalue weighted by Gasteiger charge is -2.15. The van der Waals surface area contributed by atoms with Crippen molar-refractivity contribution in [1.29, 1.82) is 0 Å². The lowest BCUT2D eigenvalue weighted by atomic mass is 10.3. The maximum absolute atomic E-state index is 5.75. The van der Waals surface area contributed by atoms with Crippen molar-refractivity contribution in [3.63, 3.8) is 0 Å². The standard InChI is InChI=1S/C10H14ClNO2/c1-8(7-13-2)14-10-6-12-4-3-9(10)5-11/h3-4,6,8H,5,7H2,1-2H3. The quantitative estimate of drug-likeness (QED) is 0.706. The van der Waals surface area contributed by atoms with Crippen LogP contribution in [-0.2, 0) is 10.6 Å². The first-order valence-electron chi connectivity index (χ1n) is 4.42. The van der Waals surface area contributed by atoms with Crippen LogP contribution in [0.1, 0.15) is 12.5 Å². The molecule has 1 aromatic rings. The second kappa shape index (κ2) is 5.83. The Balaban J connectivity index is 2.65. The topological polar surface area (TPSA) is 31.4 Å². The van der Waals surface area contributed by atoms with Gasteiger partial charge in [-0.3, -0.25) is 4.98 Å².